The fourth-order valence-electron chi connectivity index (χ4n) is 4.78. The van der Waals surface area contributed by atoms with Gasteiger partial charge in [-0.15, -0.1) is 13.2 Å². The Labute approximate surface area is 206 Å². The van der Waals surface area contributed by atoms with E-state index in [1.807, 2.05) is 36.4 Å². The number of alkyl halides is 3. The minimum atomic E-state index is -4.75. The number of hydrogen-bond acceptors (Lipinski definition) is 4. The van der Waals surface area contributed by atoms with Crippen molar-refractivity contribution < 1.29 is 22.6 Å². The molecule has 1 aliphatic heterocycles. The smallest absolute Gasteiger partial charge is 0.406 e. The Kier molecular flexibility index (Phi) is 6.22. The molecule has 0 saturated carbocycles. The summed E-state index contributed by atoms with van der Waals surface area (Å²) in [5.74, 6) is -0.293. The van der Waals surface area contributed by atoms with Gasteiger partial charge in [0.25, 0.3) is 5.56 Å². The zero-order valence-corrected chi connectivity index (χ0v) is 19.8. The molecule has 5 rings (SSSR count). The Morgan fingerprint density at radius 2 is 1.47 bits per heavy atom. The first kappa shape index (κ1) is 23.9. The Morgan fingerprint density at radius 1 is 0.833 bits per heavy atom. The molecule has 1 aromatic heterocycles. The molecule has 8 heteroatoms. The van der Waals surface area contributed by atoms with E-state index in [-0.39, 0.29) is 23.5 Å². The van der Waals surface area contributed by atoms with Crippen LogP contribution in [0, 0.1) is 0 Å². The SMILES string of the molecule is CC1CN(c2ccc(-n3ccc4c(-c5ccc(OC(F)(F)F)cc5)cccc4c3=O)cc2)CC(C)O1. The van der Waals surface area contributed by atoms with Crippen LogP contribution in [-0.2, 0) is 4.74 Å². The van der Waals surface area contributed by atoms with Crippen LogP contribution in [0.15, 0.2) is 83.8 Å². The summed E-state index contributed by atoms with van der Waals surface area (Å²) in [4.78, 5) is 15.7. The number of pyridine rings is 1. The molecule has 36 heavy (non-hydrogen) atoms. The van der Waals surface area contributed by atoms with Crippen LogP contribution in [0.4, 0.5) is 18.9 Å². The Morgan fingerprint density at radius 3 is 2.11 bits per heavy atom. The van der Waals surface area contributed by atoms with Crippen LogP contribution in [0.2, 0.25) is 0 Å². The largest absolute Gasteiger partial charge is 0.573 e. The van der Waals surface area contributed by atoms with Crippen molar-refractivity contribution in [1.82, 2.24) is 4.57 Å². The minimum absolute atomic E-state index is 0.152. The second kappa shape index (κ2) is 9.35. The maximum atomic E-state index is 13.4. The van der Waals surface area contributed by atoms with E-state index in [1.165, 1.54) is 12.1 Å². The number of morpholine rings is 1. The second-order valence-corrected chi connectivity index (χ2v) is 9.01. The topological polar surface area (TPSA) is 43.7 Å². The summed E-state index contributed by atoms with van der Waals surface area (Å²) in [7, 11) is 0. The molecule has 0 amide bonds. The van der Waals surface area contributed by atoms with Crippen molar-refractivity contribution in [2.75, 3.05) is 18.0 Å². The van der Waals surface area contributed by atoms with Gasteiger partial charge >= 0.3 is 6.36 Å². The van der Waals surface area contributed by atoms with E-state index in [0.717, 1.165) is 35.4 Å². The third-order valence-corrected chi connectivity index (χ3v) is 6.26. The molecule has 0 radical (unpaired) electrons. The van der Waals surface area contributed by atoms with Gasteiger partial charge < -0.3 is 14.4 Å². The molecule has 2 unspecified atom stereocenters. The van der Waals surface area contributed by atoms with Crippen LogP contribution in [0.1, 0.15) is 13.8 Å². The summed E-state index contributed by atoms with van der Waals surface area (Å²) in [6, 6.07) is 20.7. The average molecular weight is 495 g/mol. The quantitative estimate of drug-likeness (QED) is 0.340. The van der Waals surface area contributed by atoms with Gasteiger partial charge in [0.2, 0.25) is 0 Å². The minimum Gasteiger partial charge on any atom is -0.406 e. The zero-order valence-electron chi connectivity index (χ0n) is 19.8. The predicted molar refractivity (Wildman–Crippen MR) is 134 cm³/mol. The van der Waals surface area contributed by atoms with E-state index in [4.69, 9.17) is 4.74 Å². The van der Waals surface area contributed by atoms with Gasteiger partial charge in [0.1, 0.15) is 5.75 Å². The molecule has 1 saturated heterocycles. The maximum Gasteiger partial charge on any atom is 0.573 e. The molecular weight excluding hydrogens is 469 g/mol. The first-order chi connectivity index (χ1) is 17.2. The van der Waals surface area contributed by atoms with Crippen LogP contribution >= 0.6 is 0 Å². The number of hydrogen-bond donors (Lipinski definition) is 0. The van der Waals surface area contributed by atoms with Gasteiger partial charge in [-0.05, 0) is 78.9 Å². The van der Waals surface area contributed by atoms with Gasteiger partial charge in [-0.2, -0.15) is 0 Å². The maximum absolute atomic E-state index is 13.4. The van der Waals surface area contributed by atoms with Gasteiger partial charge in [-0.25, -0.2) is 0 Å². The van der Waals surface area contributed by atoms with Crippen LogP contribution in [0.3, 0.4) is 0 Å². The Bertz CT molecular complexity index is 1420. The number of halogens is 3. The van der Waals surface area contributed by atoms with Crippen molar-refractivity contribution in [1.29, 1.82) is 0 Å². The summed E-state index contributed by atoms with van der Waals surface area (Å²) in [5.41, 5.74) is 3.09. The van der Waals surface area contributed by atoms with E-state index < -0.39 is 6.36 Å². The summed E-state index contributed by atoms with van der Waals surface area (Å²) in [6.07, 6.45) is -2.72. The first-order valence-corrected chi connectivity index (χ1v) is 11.7. The van der Waals surface area contributed by atoms with E-state index in [9.17, 15) is 18.0 Å². The van der Waals surface area contributed by atoms with Gasteiger partial charge in [0, 0.05) is 36.0 Å². The van der Waals surface area contributed by atoms with Gasteiger partial charge in [-0.3, -0.25) is 9.36 Å². The monoisotopic (exact) mass is 494 g/mol. The molecule has 4 aromatic rings. The molecule has 0 bridgehead atoms. The highest BCUT2D eigenvalue weighted by atomic mass is 19.4. The first-order valence-electron chi connectivity index (χ1n) is 11.7. The summed E-state index contributed by atoms with van der Waals surface area (Å²) < 4.78 is 48.8. The molecule has 2 atom stereocenters. The van der Waals surface area contributed by atoms with Crippen molar-refractivity contribution >= 4 is 16.5 Å². The third kappa shape index (κ3) is 4.95. The highest BCUT2D eigenvalue weighted by Gasteiger charge is 2.31. The fraction of sp³-hybridized carbons (Fsp3) is 0.250. The molecular formula is C28H25F3N2O3. The van der Waals surface area contributed by atoms with E-state index >= 15 is 0 Å². The van der Waals surface area contributed by atoms with E-state index in [1.54, 1.807) is 35.0 Å². The van der Waals surface area contributed by atoms with Gasteiger partial charge in [0.15, 0.2) is 0 Å². The number of benzene rings is 3. The van der Waals surface area contributed by atoms with E-state index in [0.29, 0.717) is 10.9 Å². The predicted octanol–water partition coefficient (Wildman–Crippen LogP) is 6.17. The molecule has 0 N–H and O–H groups in total. The van der Waals surface area contributed by atoms with Crippen LogP contribution < -0.4 is 15.2 Å². The van der Waals surface area contributed by atoms with Gasteiger partial charge in [-0.1, -0.05) is 24.3 Å². The van der Waals surface area contributed by atoms with Gasteiger partial charge in [0.05, 0.1) is 12.2 Å². The number of rotatable bonds is 4. The molecule has 1 fully saturated rings. The molecule has 186 valence electrons. The normalized spacial score (nSPS) is 18.4. The van der Waals surface area contributed by atoms with Crippen LogP contribution in [0.25, 0.3) is 27.6 Å². The number of fused-ring (bicyclic) bond motifs is 1. The number of aromatic nitrogens is 1. The van der Waals surface area contributed by atoms with Crippen molar-refractivity contribution in [2.24, 2.45) is 0 Å². The highest BCUT2D eigenvalue weighted by Crippen LogP contribution is 2.31. The van der Waals surface area contributed by atoms with Crippen molar-refractivity contribution in [3.05, 3.63) is 89.3 Å². The molecule has 3 aromatic carbocycles. The number of ether oxygens (including phenoxy) is 2. The number of anilines is 1. The third-order valence-electron chi connectivity index (χ3n) is 6.26. The zero-order chi connectivity index (χ0) is 25.4. The lowest BCUT2D eigenvalue weighted by Crippen LogP contribution is -2.45. The Hall–Kier alpha value is -3.78. The molecule has 0 aliphatic carbocycles. The summed E-state index contributed by atoms with van der Waals surface area (Å²) in [6.45, 7) is 5.74. The lowest BCUT2D eigenvalue weighted by atomic mass is 9.99. The van der Waals surface area contributed by atoms with Crippen LogP contribution in [-0.4, -0.2) is 36.2 Å². The molecule has 2 heterocycles. The van der Waals surface area contributed by atoms with Crippen molar-refractivity contribution in [2.45, 2.75) is 32.4 Å². The fourth-order valence-corrected chi connectivity index (χ4v) is 4.78. The van der Waals surface area contributed by atoms with Crippen molar-refractivity contribution in [3.8, 4) is 22.6 Å². The lowest BCUT2D eigenvalue weighted by Gasteiger charge is -2.36. The average Bonchev–Trinajstić information content (AvgIpc) is 2.83. The standard InChI is InChI=1S/C28H25F3N2O3/c1-18-16-32(17-19(2)35-18)21-8-10-22(11-9-21)33-15-14-25-24(4-3-5-26(25)27(33)34)20-6-12-23(13-7-20)36-28(29,30)31/h3-15,18-19H,16-17H2,1-2H3. The second-order valence-electron chi connectivity index (χ2n) is 9.01. The molecule has 0 spiro atoms. The lowest BCUT2D eigenvalue weighted by molar-refractivity contribution is -0.274. The molecule has 5 nitrogen and oxygen atoms in total. The van der Waals surface area contributed by atoms with Crippen molar-refractivity contribution in [3.63, 3.8) is 0 Å². The van der Waals surface area contributed by atoms with Crippen LogP contribution in [0.5, 0.6) is 5.75 Å². The molecule has 1 aliphatic rings. The highest BCUT2D eigenvalue weighted by molar-refractivity contribution is 5.96. The number of nitrogens with zero attached hydrogens (tertiary/aromatic N) is 2. The summed E-state index contributed by atoms with van der Waals surface area (Å²) >= 11 is 0. The summed E-state index contributed by atoms with van der Waals surface area (Å²) in [5, 5.41) is 1.24. The van der Waals surface area contributed by atoms with E-state index in [2.05, 4.69) is 23.5 Å². The Balaban J connectivity index is 1.45.